The van der Waals surface area contributed by atoms with Crippen LogP contribution in [0.2, 0.25) is 0 Å². The third-order valence-corrected chi connectivity index (χ3v) is 7.81. The van der Waals surface area contributed by atoms with Crippen molar-refractivity contribution in [3.63, 3.8) is 0 Å². The number of aliphatic imine (C=N–C) groups is 2. The van der Waals surface area contributed by atoms with Gasteiger partial charge in [-0.3, -0.25) is 4.98 Å². The van der Waals surface area contributed by atoms with Crippen LogP contribution in [0.5, 0.6) is 0 Å². The zero-order chi connectivity index (χ0) is 27.5. The Morgan fingerprint density at radius 1 is 0.610 bits per heavy atom. The molecule has 0 spiro atoms. The van der Waals surface area contributed by atoms with E-state index in [0.717, 1.165) is 61.1 Å². The molecule has 6 nitrogen and oxygen atoms in total. The quantitative estimate of drug-likeness (QED) is 0.159. The van der Waals surface area contributed by atoms with Gasteiger partial charge in [-0.25, -0.2) is 9.97 Å². The maximum atomic E-state index is 4.81. The number of para-hydroxylation sites is 1. The lowest BCUT2D eigenvalue weighted by atomic mass is 9.94. The van der Waals surface area contributed by atoms with Crippen LogP contribution >= 0.6 is 24.4 Å². The van der Waals surface area contributed by atoms with Crippen molar-refractivity contribution < 1.29 is 0 Å². The monoisotopic (exact) mass is 560 g/mol. The molecule has 3 heterocycles. The van der Waals surface area contributed by atoms with Gasteiger partial charge in [0.15, 0.2) is 0 Å². The first-order chi connectivity index (χ1) is 20.3. The molecule has 0 N–H and O–H groups in total. The zero-order valence-electron chi connectivity index (χ0n) is 21.2. The molecule has 0 fully saturated rings. The van der Waals surface area contributed by atoms with Crippen molar-refractivity contribution in [3.8, 4) is 39.3 Å². The normalized spacial score (nSPS) is 11.4. The maximum absolute atomic E-state index is 4.81. The minimum absolute atomic E-state index is 0.275. The van der Waals surface area contributed by atoms with Gasteiger partial charge >= 0.3 is 0 Å². The molecular weight excluding hydrogens is 545 g/mol. The second kappa shape index (κ2) is 9.17. The number of hydrogen-bond donors (Lipinski definition) is 0. The van der Waals surface area contributed by atoms with Crippen LogP contribution in [0.3, 0.4) is 0 Å². The third kappa shape index (κ3) is 3.47. The fraction of sp³-hybridized carbons (Fsp3) is 0. The van der Waals surface area contributed by atoms with Crippen LogP contribution in [0.4, 0.5) is 11.6 Å². The van der Waals surface area contributed by atoms with Gasteiger partial charge in [0.1, 0.15) is 0 Å². The first kappa shape index (κ1) is 23.6. The summed E-state index contributed by atoms with van der Waals surface area (Å²) in [5.74, 6) is 0.550. The van der Waals surface area contributed by atoms with E-state index in [0.29, 0.717) is 0 Å². The molecule has 0 unspecified atom stereocenters. The number of benzene rings is 4. The highest BCUT2D eigenvalue weighted by Crippen LogP contribution is 2.49. The van der Waals surface area contributed by atoms with E-state index >= 15 is 0 Å². The van der Waals surface area contributed by atoms with Crippen molar-refractivity contribution in [2.75, 3.05) is 0 Å². The fourth-order valence-electron chi connectivity index (χ4n) is 5.97. The van der Waals surface area contributed by atoms with Gasteiger partial charge in [0, 0.05) is 39.2 Å². The van der Waals surface area contributed by atoms with Gasteiger partial charge in [-0.2, -0.15) is 9.98 Å². The number of nitrogens with zero attached hydrogens (tertiary/aromatic N) is 6. The Morgan fingerprint density at radius 3 is 2.02 bits per heavy atom. The summed E-state index contributed by atoms with van der Waals surface area (Å²) < 4.78 is 2.27. The molecule has 8 rings (SSSR count). The molecule has 0 radical (unpaired) electrons. The van der Waals surface area contributed by atoms with Crippen LogP contribution in [0.25, 0.3) is 71.9 Å². The Balaban J connectivity index is 1.29. The van der Waals surface area contributed by atoms with Crippen molar-refractivity contribution in [2.45, 2.75) is 0 Å². The zero-order valence-corrected chi connectivity index (χ0v) is 22.9. The number of hydrogen-bond acceptors (Lipinski definition) is 7. The van der Waals surface area contributed by atoms with E-state index < -0.39 is 0 Å². The summed E-state index contributed by atoms with van der Waals surface area (Å²) in [6.07, 6.45) is 3.78. The van der Waals surface area contributed by atoms with Crippen molar-refractivity contribution in [3.05, 3.63) is 97.3 Å². The first-order valence-corrected chi connectivity index (χ1v) is 13.7. The van der Waals surface area contributed by atoms with E-state index in [4.69, 9.17) is 34.4 Å². The predicted molar refractivity (Wildman–Crippen MR) is 171 cm³/mol. The van der Waals surface area contributed by atoms with Gasteiger partial charge in [0.05, 0.1) is 38.9 Å². The largest absolute Gasteiger partial charge is 0.308 e. The van der Waals surface area contributed by atoms with Crippen LogP contribution < -0.4 is 0 Å². The number of fused-ring (bicyclic) bond motifs is 6. The molecule has 0 bridgehead atoms. The summed E-state index contributed by atoms with van der Waals surface area (Å²) >= 11 is 9.63. The lowest BCUT2D eigenvalue weighted by Gasteiger charge is -2.12. The number of aromatic nitrogens is 4. The summed E-state index contributed by atoms with van der Waals surface area (Å²) in [7, 11) is 0. The smallest absolute Gasteiger partial charge is 0.209 e. The topological polar surface area (TPSA) is 68.3 Å². The van der Waals surface area contributed by atoms with Crippen molar-refractivity contribution >= 4 is 79.0 Å². The van der Waals surface area contributed by atoms with Crippen LogP contribution in [0, 0.1) is 0 Å². The lowest BCUT2D eigenvalue weighted by molar-refractivity contribution is 1.17. The molecule has 0 saturated heterocycles. The first-order valence-electron chi connectivity index (χ1n) is 12.8. The average molecular weight is 561 g/mol. The van der Waals surface area contributed by atoms with Gasteiger partial charge in [-0.15, -0.1) is 0 Å². The molecule has 1 aliphatic carbocycles. The van der Waals surface area contributed by atoms with Crippen LogP contribution in [-0.2, 0) is 0 Å². The predicted octanol–water partition coefficient (Wildman–Crippen LogP) is 8.90. The molecule has 4 aromatic carbocycles. The highest BCUT2D eigenvalue weighted by Gasteiger charge is 2.27. The van der Waals surface area contributed by atoms with Crippen molar-refractivity contribution in [1.29, 1.82) is 0 Å². The Bertz CT molecular complexity index is 2220. The minimum atomic E-state index is 0.275. The van der Waals surface area contributed by atoms with Gasteiger partial charge in [0.2, 0.25) is 11.6 Å². The van der Waals surface area contributed by atoms with Gasteiger partial charge in [-0.1, -0.05) is 60.7 Å². The summed E-state index contributed by atoms with van der Waals surface area (Å²) in [5.41, 5.74) is 9.03. The Morgan fingerprint density at radius 2 is 1.27 bits per heavy atom. The molecule has 0 atom stereocenters. The van der Waals surface area contributed by atoms with Crippen LogP contribution in [0.15, 0.2) is 107 Å². The molecule has 3 aromatic heterocycles. The maximum Gasteiger partial charge on any atom is 0.209 e. The van der Waals surface area contributed by atoms with Crippen LogP contribution in [0.1, 0.15) is 0 Å². The molecule has 0 amide bonds. The molecule has 0 saturated carbocycles. The average Bonchev–Trinajstić information content (AvgIpc) is 3.52. The number of rotatable bonds is 4. The van der Waals surface area contributed by atoms with Crippen molar-refractivity contribution in [1.82, 2.24) is 19.5 Å². The molecule has 190 valence electrons. The number of isothiocyanates is 2. The molecule has 1 aliphatic rings. The number of pyridine rings is 1. The fourth-order valence-corrected chi connectivity index (χ4v) is 6.14. The highest BCUT2D eigenvalue weighted by atomic mass is 32.1. The molecular formula is C33H16N6S2. The minimum Gasteiger partial charge on any atom is -0.308 e. The summed E-state index contributed by atoms with van der Waals surface area (Å²) in [4.78, 5) is 22.0. The summed E-state index contributed by atoms with van der Waals surface area (Å²) in [5, 5.41) is 9.34. The van der Waals surface area contributed by atoms with E-state index in [-0.39, 0.29) is 11.6 Å². The van der Waals surface area contributed by atoms with Gasteiger partial charge in [0.25, 0.3) is 0 Å². The summed E-state index contributed by atoms with van der Waals surface area (Å²) in [6.45, 7) is 0. The Hall–Kier alpha value is -5.23. The van der Waals surface area contributed by atoms with Crippen molar-refractivity contribution in [2.24, 2.45) is 9.98 Å². The molecule has 7 aromatic rings. The van der Waals surface area contributed by atoms with E-state index in [1.165, 1.54) is 10.8 Å². The van der Waals surface area contributed by atoms with E-state index in [2.05, 4.69) is 109 Å². The van der Waals surface area contributed by atoms with E-state index in [1.54, 1.807) is 0 Å². The van der Waals surface area contributed by atoms with Crippen LogP contribution in [-0.4, -0.2) is 29.8 Å². The Kier molecular flexibility index (Phi) is 5.29. The van der Waals surface area contributed by atoms with Gasteiger partial charge in [-0.05, 0) is 65.2 Å². The molecule has 41 heavy (non-hydrogen) atoms. The molecule has 8 heteroatoms. The summed E-state index contributed by atoms with van der Waals surface area (Å²) in [6, 6.07) is 29.7. The van der Waals surface area contributed by atoms with E-state index in [1.807, 2.05) is 18.5 Å². The Labute approximate surface area is 244 Å². The van der Waals surface area contributed by atoms with E-state index in [9.17, 15) is 0 Å². The lowest BCUT2D eigenvalue weighted by Crippen LogP contribution is -1.94. The SMILES string of the molecule is S=C=Nc1nc2c(nc1N=C=S)-c1ccc(-c3ccc(-n4c5ccccc5c5ccncc54)cc3)c3cccc-2c13. The van der Waals surface area contributed by atoms with Gasteiger partial charge < -0.3 is 4.57 Å². The third-order valence-electron chi connectivity index (χ3n) is 7.63. The highest BCUT2D eigenvalue weighted by molar-refractivity contribution is 7.78. The number of thiocarbonyl (C=S) groups is 2. The molecule has 0 aliphatic heterocycles. The second-order valence-electron chi connectivity index (χ2n) is 9.66. The second-order valence-corrected chi connectivity index (χ2v) is 10.0. The standard InChI is InChI=1S/C33H16N6S2/c40-17-35-32-33(36-18-41)38-31-26-13-12-21(24-5-3-6-25(29(24)26)30(31)37-32)19-8-10-20(11-9-19)39-27-7-2-1-4-22(27)23-14-15-34-16-28(23)39/h1-16H.